The van der Waals surface area contributed by atoms with Gasteiger partial charge in [-0.2, -0.15) is 5.10 Å². The van der Waals surface area contributed by atoms with Gasteiger partial charge >= 0.3 is 0 Å². The molecule has 3 nitrogen and oxygen atoms in total. The first-order valence-electron chi connectivity index (χ1n) is 6.17. The Kier molecular flexibility index (Phi) is 4.45. The molecule has 0 aliphatic heterocycles. The van der Waals surface area contributed by atoms with Gasteiger partial charge in [0.05, 0.1) is 6.54 Å². The van der Waals surface area contributed by atoms with Crippen molar-refractivity contribution in [2.24, 2.45) is 10.1 Å². The number of hydrazone groups is 1. The largest absolute Gasteiger partial charge is 0.262 e. The van der Waals surface area contributed by atoms with Gasteiger partial charge in [0.25, 0.3) is 0 Å². The second kappa shape index (κ2) is 6.50. The SMILES string of the molecule is C=NNC(=NCc1ccccc1C)c1ccccc1. The molecule has 3 heteroatoms. The highest BCUT2D eigenvalue weighted by atomic mass is 15.3. The average molecular weight is 251 g/mol. The molecule has 2 aromatic rings. The van der Waals surface area contributed by atoms with Crippen LogP contribution in [0.5, 0.6) is 0 Å². The van der Waals surface area contributed by atoms with Gasteiger partial charge in [0.2, 0.25) is 0 Å². The van der Waals surface area contributed by atoms with E-state index in [1.165, 1.54) is 11.1 Å². The Bertz CT molecular complexity index is 574. The van der Waals surface area contributed by atoms with E-state index in [4.69, 9.17) is 0 Å². The number of amidine groups is 1. The predicted molar refractivity (Wildman–Crippen MR) is 80.5 cm³/mol. The Morgan fingerprint density at radius 3 is 2.42 bits per heavy atom. The van der Waals surface area contributed by atoms with Gasteiger partial charge in [-0.1, -0.05) is 54.6 Å². The molecule has 2 rings (SSSR count). The van der Waals surface area contributed by atoms with E-state index >= 15 is 0 Å². The van der Waals surface area contributed by atoms with Crippen LogP contribution in [-0.2, 0) is 6.54 Å². The minimum Gasteiger partial charge on any atom is -0.262 e. The number of rotatable bonds is 4. The van der Waals surface area contributed by atoms with Crippen molar-refractivity contribution < 1.29 is 0 Å². The third-order valence-electron chi connectivity index (χ3n) is 2.90. The van der Waals surface area contributed by atoms with Crippen LogP contribution in [0.15, 0.2) is 64.7 Å². The van der Waals surface area contributed by atoms with Crippen LogP contribution in [-0.4, -0.2) is 12.6 Å². The summed E-state index contributed by atoms with van der Waals surface area (Å²) in [6.07, 6.45) is 0. The Labute approximate surface area is 113 Å². The smallest absolute Gasteiger partial charge is 0.149 e. The standard InChI is InChI=1S/C16H17N3/c1-13-8-6-7-11-15(13)12-18-16(19-17-2)14-9-4-3-5-10-14/h3-11H,2,12H2,1H3,(H,18,19). The fourth-order valence-electron chi connectivity index (χ4n) is 1.81. The van der Waals surface area contributed by atoms with E-state index < -0.39 is 0 Å². The Balaban J connectivity index is 2.23. The minimum atomic E-state index is 0.624. The molecule has 0 aliphatic rings. The quantitative estimate of drug-likeness (QED) is 0.506. The van der Waals surface area contributed by atoms with E-state index in [0.29, 0.717) is 6.54 Å². The number of aryl methyl sites for hydroxylation is 1. The first-order chi connectivity index (χ1) is 9.31. The fraction of sp³-hybridized carbons (Fsp3) is 0.125. The van der Waals surface area contributed by atoms with Crippen molar-refractivity contribution in [1.82, 2.24) is 5.43 Å². The summed E-state index contributed by atoms with van der Waals surface area (Å²) in [5.74, 6) is 0.735. The van der Waals surface area contributed by atoms with Gasteiger partial charge < -0.3 is 0 Å². The van der Waals surface area contributed by atoms with Gasteiger partial charge in [-0.05, 0) is 18.1 Å². The van der Waals surface area contributed by atoms with Gasteiger partial charge in [0.1, 0.15) is 5.84 Å². The van der Waals surface area contributed by atoms with Crippen molar-refractivity contribution in [3.05, 3.63) is 71.3 Å². The van der Waals surface area contributed by atoms with Gasteiger partial charge in [0.15, 0.2) is 0 Å². The van der Waals surface area contributed by atoms with Crippen LogP contribution < -0.4 is 5.43 Å². The summed E-state index contributed by atoms with van der Waals surface area (Å²) in [7, 11) is 0. The van der Waals surface area contributed by atoms with Gasteiger partial charge in [-0.25, -0.2) is 0 Å². The molecule has 0 unspecified atom stereocenters. The molecule has 0 heterocycles. The van der Waals surface area contributed by atoms with Gasteiger partial charge in [-0.15, -0.1) is 0 Å². The third-order valence-corrected chi connectivity index (χ3v) is 2.90. The van der Waals surface area contributed by atoms with Crippen molar-refractivity contribution in [3.63, 3.8) is 0 Å². The Hall–Kier alpha value is -2.42. The molecule has 0 saturated heterocycles. The molecule has 0 aliphatic carbocycles. The first-order valence-corrected chi connectivity index (χ1v) is 6.17. The molecule has 0 spiro atoms. The molecule has 0 amide bonds. The molecule has 1 N–H and O–H groups in total. The molecule has 0 aromatic heterocycles. The zero-order valence-corrected chi connectivity index (χ0v) is 11.0. The molecule has 2 aromatic carbocycles. The summed E-state index contributed by atoms with van der Waals surface area (Å²) in [6.45, 7) is 6.17. The Morgan fingerprint density at radius 2 is 1.74 bits per heavy atom. The maximum absolute atomic E-state index is 4.59. The van der Waals surface area contributed by atoms with E-state index in [1.807, 2.05) is 42.5 Å². The van der Waals surface area contributed by atoms with E-state index in [1.54, 1.807) is 0 Å². The molecule has 0 fully saturated rings. The van der Waals surface area contributed by atoms with Crippen LogP contribution in [0, 0.1) is 6.92 Å². The molecule has 0 saturated carbocycles. The van der Waals surface area contributed by atoms with Crippen molar-refractivity contribution >= 4 is 12.6 Å². The fourth-order valence-corrected chi connectivity index (χ4v) is 1.81. The minimum absolute atomic E-state index is 0.624. The first kappa shape index (κ1) is 13.0. The number of nitrogens with one attached hydrogen (secondary N) is 1. The second-order valence-electron chi connectivity index (χ2n) is 4.23. The second-order valence-corrected chi connectivity index (χ2v) is 4.23. The molecule has 0 bridgehead atoms. The highest BCUT2D eigenvalue weighted by Crippen LogP contribution is 2.09. The number of nitrogens with zero attached hydrogens (tertiary/aromatic N) is 2. The van der Waals surface area contributed by atoms with Crippen LogP contribution in [0.4, 0.5) is 0 Å². The maximum atomic E-state index is 4.59. The van der Waals surface area contributed by atoms with Crippen molar-refractivity contribution in [1.29, 1.82) is 0 Å². The monoisotopic (exact) mass is 251 g/mol. The Morgan fingerprint density at radius 1 is 1.05 bits per heavy atom. The summed E-state index contributed by atoms with van der Waals surface area (Å²) in [4.78, 5) is 4.59. The summed E-state index contributed by atoms with van der Waals surface area (Å²) in [5.41, 5.74) is 6.31. The zero-order chi connectivity index (χ0) is 13.5. The normalized spacial score (nSPS) is 11.1. The zero-order valence-electron chi connectivity index (χ0n) is 11.0. The van der Waals surface area contributed by atoms with E-state index in [-0.39, 0.29) is 0 Å². The lowest BCUT2D eigenvalue weighted by molar-refractivity contribution is 0.975. The highest BCUT2D eigenvalue weighted by Gasteiger charge is 2.02. The topological polar surface area (TPSA) is 36.8 Å². The number of benzene rings is 2. The number of hydrogen-bond acceptors (Lipinski definition) is 2. The number of hydrogen-bond donors (Lipinski definition) is 1. The van der Waals surface area contributed by atoms with Crippen LogP contribution in [0.25, 0.3) is 0 Å². The molecular weight excluding hydrogens is 234 g/mol. The van der Waals surface area contributed by atoms with E-state index in [2.05, 4.69) is 41.3 Å². The van der Waals surface area contributed by atoms with E-state index in [9.17, 15) is 0 Å². The summed E-state index contributed by atoms with van der Waals surface area (Å²) in [5, 5.41) is 3.72. The summed E-state index contributed by atoms with van der Waals surface area (Å²) in [6, 6.07) is 18.2. The predicted octanol–water partition coefficient (Wildman–Crippen LogP) is 3.15. The van der Waals surface area contributed by atoms with Crippen molar-refractivity contribution in [2.75, 3.05) is 0 Å². The molecule has 0 radical (unpaired) electrons. The average Bonchev–Trinajstić information content (AvgIpc) is 2.46. The van der Waals surface area contributed by atoms with Gasteiger partial charge in [0, 0.05) is 12.3 Å². The third kappa shape index (κ3) is 3.52. The van der Waals surface area contributed by atoms with Crippen molar-refractivity contribution in [3.8, 4) is 0 Å². The summed E-state index contributed by atoms with van der Waals surface area (Å²) >= 11 is 0. The van der Waals surface area contributed by atoms with Crippen LogP contribution >= 0.6 is 0 Å². The molecular formula is C16H17N3. The molecule has 0 atom stereocenters. The molecule has 96 valence electrons. The van der Waals surface area contributed by atoms with Crippen LogP contribution in [0.3, 0.4) is 0 Å². The highest BCUT2D eigenvalue weighted by molar-refractivity contribution is 5.98. The lowest BCUT2D eigenvalue weighted by Gasteiger charge is -2.07. The van der Waals surface area contributed by atoms with Crippen LogP contribution in [0.1, 0.15) is 16.7 Å². The van der Waals surface area contributed by atoms with Crippen molar-refractivity contribution in [2.45, 2.75) is 13.5 Å². The lowest BCUT2D eigenvalue weighted by atomic mass is 10.1. The van der Waals surface area contributed by atoms with E-state index in [0.717, 1.165) is 11.4 Å². The summed E-state index contributed by atoms with van der Waals surface area (Å²) < 4.78 is 0. The molecule has 19 heavy (non-hydrogen) atoms. The number of aliphatic imine (C=N–C) groups is 1. The van der Waals surface area contributed by atoms with Crippen LogP contribution in [0.2, 0.25) is 0 Å². The lowest BCUT2D eigenvalue weighted by Crippen LogP contribution is -2.18. The van der Waals surface area contributed by atoms with Gasteiger partial charge in [-0.3, -0.25) is 10.4 Å². The maximum Gasteiger partial charge on any atom is 0.149 e.